The van der Waals surface area contributed by atoms with Gasteiger partial charge in [-0.15, -0.1) is 0 Å². The van der Waals surface area contributed by atoms with Crippen molar-refractivity contribution >= 4 is 11.6 Å². The predicted molar refractivity (Wildman–Crippen MR) is 101 cm³/mol. The molecule has 0 bridgehead atoms. The number of aliphatic hydroxyl groups is 1. The Labute approximate surface area is 150 Å². The van der Waals surface area contributed by atoms with Crippen molar-refractivity contribution in [1.82, 2.24) is 4.90 Å². The van der Waals surface area contributed by atoms with Crippen molar-refractivity contribution in [3.63, 3.8) is 0 Å². The molecule has 1 heterocycles. The van der Waals surface area contributed by atoms with Gasteiger partial charge in [-0.2, -0.15) is 0 Å². The lowest BCUT2D eigenvalue weighted by atomic mass is 9.84. The molecule has 1 saturated carbocycles. The molecule has 2 fully saturated rings. The van der Waals surface area contributed by atoms with Crippen LogP contribution in [-0.2, 0) is 4.79 Å². The van der Waals surface area contributed by atoms with Gasteiger partial charge in [0, 0.05) is 24.8 Å². The van der Waals surface area contributed by atoms with Gasteiger partial charge in [0.1, 0.15) is 0 Å². The van der Waals surface area contributed by atoms with E-state index in [9.17, 15) is 9.90 Å². The van der Waals surface area contributed by atoms with E-state index in [2.05, 4.69) is 10.2 Å². The SMILES string of the molecule is Cc1cccc(C)c1NC(=O)C1(N)CCN([C@@H]2CCCC[C@H]2O)CC1. The van der Waals surface area contributed by atoms with Gasteiger partial charge in [-0.05, 0) is 50.7 Å². The third-order valence-corrected chi connectivity index (χ3v) is 6.03. The van der Waals surface area contributed by atoms with E-state index >= 15 is 0 Å². The van der Waals surface area contributed by atoms with Crippen LogP contribution in [0.2, 0.25) is 0 Å². The Bertz CT molecular complexity index is 603. The van der Waals surface area contributed by atoms with Gasteiger partial charge in [0.05, 0.1) is 11.6 Å². The quantitative estimate of drug-likeness (QED) is 0.786. The number of carbonyl (C=O) groups excluding carboxylic acids is 1. The molecule has 0 aromatic heterocycles. The van der Waals surface area contributed by atoms with E-state index in [-0.39, 0.29) is 18.1 Å². The average Bonchev–Trinajstić information content (AvgIpc) is 2.59. The molecule has 1 aliphatic heterocycles. The normalized spacial score (nSPS) is 27.0. The number of benzene rings is 1. The van der Waals surface area contributed by atoms with Crippen LogP contribution in [0.3, 0.4) is 0 Å². The number of anilines is 1. The highest BCUT2D eigenvalue weighted by Gasteiger charge is 2.40. The Hall–Kier alpha value is -1.43. The summed E-state index contributed by atoms with van der Waals surface area (Å²) in [4.78, 5) is 15.2. The number of nitrogens with one attached hydrogen (secondary N) is 1. The standard InChI is InChI=1S/C20H31N3O2/c1-14-6-5-7-15(2)18(14)22-19(25)20(21)10-12-23(13-11-20)16-8-3-4-9-17(16)24/h5-7,16-17,24H,3-4,8-13,21H2,1-2H3,(H,22,25)/t16-,17-/m1/s1. The number of para-hydroxylation sites is 1. The first kappa shape index (κ1) is 18.4. The minimum Gasteiger partial charge on any atom is -0.391 e. The number of aryl methyl sites for hydroxylation is 2. The second-order valence-electron chi connectivity index (χ2n) is 7.83. The van der Waals surface area contributed by atoms with Gasteiger partial charge in [-0.25, -0.2) is 0 Å². The number of nitrogens with zero attached hydrogens (tertiary/aromatic N) is 1. The van der Waals surface area contributed by atoms with E-state index in [1.165, 1.54) is 6.42 Å². The summed E-state index contributed by atoms with van der Waals surface area (Å²) in [6, 6.07) is 6.23. The van der Waals surface area contributed by atoms with E-state index < -0.39 is 5.54 Å². The maximum Gasteiger partial charge on any atom is 0.244 e. The third-order valence-electron chi connectivity index (χ3n) is 6.03. The highest BCUT2D eigenvalue weighted by Crippen LogP contribution is 2.29. The monoisotopic (exact) mass is 345 g/mol. The molecule has 1 aliphatic carbocycles. The van der Waals surface area contributed by atoms with Crippen LogP contribution >= 0.6 is 0 Å². The number of likely N-dealkylation sites (tertiary alicyclic amines) is 1. The number of hydrogen-bond donors (Lipinski definition) is 3. The zero-order valence-electron chi connectivity index (χ0n) is 15.4. The second kappa shape index (κ2) is 7.44. The Morgan fingerprint density at radius 1 is 1.20 bits per heavy atom. The zero-order chi connectivity index (χ0) is 18.0. The number of carbonyl (C=O) groups is 1. The molecule has 3 rings (SSSR count). The third kappa shape index (κ3) is 3.89. The van der Waals surface area contributed by atoms with Crippen LogP contribution in [0.1, 0.15) is 49.7 Å². The molecule has 5 nitrogen and oxygen atoms in total. The molecule has 0 unspecified atom stereocenters. The first-order valence-electron chi connectivity index (χ1n) is 9.49. The highest BCUT2D eigenvalue weighted by molar-refractivity contribution is 5.99. The fourth-order valence-corrected chi connectivity index (χ4v) is 4.25. The van der Waals surface area contributed by atoms with Crippen molar-refractivity contribution in [3.8, 4) is 0 Å². The Balaban J connectivity index is 1.62. The van der Waals surface area contributed by atoms with Gasteiger partial charge in [0.2, 0.25) is 5.91 Å². The van der Waals surface area contributed by atoms with Gasteiger partial charge >= 0.3 is 0 Å². The molecule has 2 atom stereocenters. The van der Waals surface area contributed by atoms with Crippen LogP contribution in [0.15, 0.2) is 18.2 Å². The molecule has 5 heteroatoms. The fraction of sp³-hybridized carbons (Fsp3) is 0.650. The van der Waals surface area contributed by atoms with Crippen molar-refractivity contribution in [2.75, 3.05) is 18.4 Å². The maximum absolute atomic E-state index is 12.8. The van der Waals surface area contributed by atoms with E-state index in [1.807, 2.05) is 32.0 Å². The van der Waals surface area contributed by atoms with Crippen LogP contribution in [-0.4, -0.2) is 46.7 Å². The largest absolute Gasteiger partial charge is 0.391 e. The molecular formula is C20H31N3O2. The molecule has 1 saturated heterocycles. The van der Waals surface area contributed by atoms with Gasteiger partial charge in [0.25, 0.3) is 0 Å². The minimum absolute atomic E-state index is 0.0891. The number of piperidine rings is 1. The summed E-state index contributed by atoms with van der Waals surface area (Å²) in [6.45, 7) is 5.55. The van der Waals surface area contributed by atoms with Crippen LogP contribution in [0.25, 0.3) is 0 Å². The van der Waals surface area contributed by atoms with Gasteiger partial charge in [-0.1, -0.05) is 31.0 Å². The summed E-state index contributed by atoms with van der Waals surface area (Å²) in [7, 11) is 0. The molecule has 138 valence electrons. The van der Waals surface area contributed by atoms with Crippen LogP contribution < -0.4 is 11.1 Å². The lowest BCUT2D eigenvalue weighted by Crippen LogP contribution is -2.60. The van der Waals surface area contributed by atoms with Gasteiger partial charge in [-0.3, -0.25) is 9.69 Å². The summed E-state index contributed by atoms with van der Waals surface area (Å²) < 4.78 is 0. The van der Waals surface area contributed by atoms with Crippen molar-refractivity contribution in [1.29, 1.82) is 0 Å². The molecule has 2 aliphatic rings. The number of rotatable bonds is 3. The van der Waals surface area contributed by atoms with Crippen molar-refractivity contribution in [2.24, 2.45) is 5.73 Å². The maximum atomic E-state index is 12.8. The predicted octanol–water partition coefficient (Wildman–Crippen LogP) is 2.34. The first-order valence-corrected chi connectivity index (χ1v) is 9.49. The molecule has 25 heavy (non-hydrogen) atoms. The molecular weight excluding hydrogens is 314 g/mol. The van der Waals surface area contributed by atoms with E-state index in [0.29, 0.717) is 12.8 Å². The molecule has 1 aromatic rings. The van der Waals surface area contributed by atoms with Gasteiger partial charge < -0.3 is 16.2 Å². The van der Waals surface area contributed by atoms with Crippen LogP contribution in [0.4, 0.5) is 5.69 Å². The summed E-state index contributed by atoms with van der Waals surface area (Å²) in [5, 5.41) is 13.3. The fourth-order valence-electron chi connectivity index (χ4n) is 4.25. The second-order valence-corrected chi connectivity index (χ2v) is 7.83. The zero-order valence-corrected chi connectivity index (χ0v) is 15.4. The van der Waals surface area contributed by atoms with E-state index in [0.717, 1.165) is 49.2 Å². The Morgan fingerprint density at radius 3 is 2.40 bits per heavy atom. The summed E-state index contributed by atoms with van der Waals surface area (Å²) in [5.41, 5.74) is 8.64. The smallest absolute Gasteiger partial charge is 0.244 e. The summed E-state index contributed by atoms with van der Waals surface area (Å²) >= 11 is 0. The summed E-state index contributed by atoms with van der Waals surface area (Å²) in [6.07, 6.45) is 5.27. The number of nitrogens with two attached hydrogens (primary N) is 1. The van der Waals surface area contributed by atoms with E-state index in [4.69, 9.17) is 5.73 Å². The van der Waals surface area contributed by atoms with E-state index in [1.54, 1.807) is 0 Å². The summed E-state index contributed by atoms with van der Waals surface area (Å²) in [5.74, 6) is -0.0891. The minimum atomic E-state index is -0.829. The topological polar surface area (TPSA) is 78.6 Å². The first-order chi connectivity index (χ1) is 11.9. The lowest BCUT2D eigenvalue weighted by Gasteiger charge is -2.44. The Kier molecular flexibility index (Phi) is 5.46. The van der Waals surface area contributed by atoms with Crippen LogP contribution in [0.5, 0.6) is 0 Å². The highest BCUT2D eigenvalue weighted by atomic mass is 16.3. The molecule has 1 aromatic carbocycles. The Morgan fingerprint density at radius 2 is 1.80 bits per heavy atom. The number of hydrogen-bond acceptors (Lipinski definition) is 4. The number of aliphatic hydroxyl groups excluding tert-OH is 1. The van der Waals surface area contributed by atoms with Crippen molar-refractivity contribution in [3.05, 3.63) is 29.3 Å². The van der Waals surface area contributed by atoms with Crippen LogP contribution in [0, 0.1) is 13.8 Å². The number of amides is 1. The van der Waals surface area contributed by atoms with Crippen molar-refractivity contribution in [2.45, 2.75) is 70.1 Å². The molecule has 0 radical (unpaired) electrons. The molecule has 4 N–H and O–H groups in total. The average molecular weight is 345 g/mol. The molecule has 0 spiro atoms. The lowest BCUT2D eigenvalue weighted by molar-refractivity contribution is -0.123. The molecule has 1 amide bonds. The van der Waals surface area contributed by atoms with Gasteiger partial charge in [0.15, 0.2) is 0 Å². The van der Waals surface area contributed by atoms with Crippen molar-refractivity contribution < 1.29 is 9.90 Å².